The van der Waals surface area contributed by atoms with Gasteiger partial charge in [-0.1, -0.05) is 0 Å². The molecule has 0 amide bonds. The topological polar surface area (TPSA) is 67.6 Å². The third-order valence-corrected chi connectivity index (χ3v) is 2.03. The molecule has 2 rings (SSSR count). The first kappa shape index (κ1) is 9.17. The van der Waals surface area contributed by atoms with E-state index in [1.165, 1.54) is 15.8 Å². The van der Waals surface area contributed by atoms with Gasteiger partial charge in [-0.15, -0.1) is 0 Å². The number of aryl methyl sites for hydroxylation is 1. The van der Waals surface area contributed by atoms with Crippen molar-refractivity contribution in [1.82, 2.24) is 9.55 Å². The van der Waals surface area contributed by atoms with Crippen LogP contribution in [0.4, 0.5) is 5.82 Å². The Balaban J connectivity index is 2.33. The Hall–Kier alpha value is -1.40. The van der Waals surface area contributed by atoms with Gasteiger partial charge in [-0.3, -0.25) is 9.63 Å². The molecule has 1 saturated heterocycles. The average Bonchev–Trinajstić information content (AvgIpc) is 2.57. The Kier molecular flexibility index (Phi) is 2.22. The molecule has 1 aliphatic heterocycles. The molecule has 0 spiro atoms. The maximum Gasteiger partial charge on any atom is 0.295 e. The van der Waals surface area contributed by atoms with Crippen LogP contribution in [-0.4, -0.2) is 33.9 Å². The summed E-state index contributed by atoms with van der Waals surface area (Å²) in [6.45, 7) is 0.492. The van der Waals surface area contributed by atoms with E-state index < -0.39 is 6.10 Å². The number of aromatic nitrogens is 2. The monoisotopic (exact) mass is 197 g/mol. The third kappa shape index (κ3) is 1.49. The Morgan fingerprint density at radius 2 is 2.50 bits per heavy atom. The van der Waals surface area contributed by atoms with Crippen LogP contribution in [0, 0.1) is 0 Å². The number of hydroxylamine groups is 1. The summed E-state index contributed by atoms with van der Waals surface area (Å²) in [5.74, 6) is 0.214. The SMILES string of the molecule is Cn1ccnc(N2CC(O)CO2)c1=O. The van der Waals surface area contributed by atoms with Crippen molar-refractivity contribution in [2.75, 3.05) is 18.2 Å². The van der Waals surface area contributed by atoms with E-state index in [-0.39, 0.29) is 24.5 Å². The van der Waals surface area contributed by atoms with Crippen LogP contribution in [0.3, 0.4) is 0 Å². The summed E-state index contributed by atoms with van der Waals surface area (Å²) >= 11 is 0. The second-order valence-electron chi connectivity index (χ2n) is 3.18. The standard InChI is InChI=1S/C8H11N3O3/c1-10-3-2-9-7(8(10)13)11-4-6(12)5-14-11/h2-3,6,12H,4-5H2,1H3. The van der Waals surface area contributed by atoms with Crippen molar-refractivity contribution in [2.45, 2.75) is 6.10 Å². The second-order valence-corrected chi connectivity index (χ2v) is 3.18. The summed E-state index contributed by atoms with van der Waals surface area (Å²) < 4.78 is 1.41. The van der Waals surface area contributed by atoms with Gasteiger partial charge in [0.2, 0.25) is 5.82 Å². The summed E-state index contributed by atoms with van der Waals surface area (Å²) in [7, 11) is 1.64. The number of rotatable bonds is 1. The molecular formula is C8H11N3O3. The molecule has 1 N–H and O–H groups in total. The maximum atomic E-state index is 11.6. The van der Waals surface area contributed by atoms with Crippen molar-refractivity contribution in [3.8, 4) is 0 Å². The minimum Gasteiger partial charge on any atom is -0.389 e. The van der Waals surface area contributed by atoms with Crippen LogP contribution in [0.15, 0.2) is 17.2 Å². The molecule has 0 saturated carbocycles. The van der Waals surface area contributed by atoms with E-state index in [0.29, 0.717) is 0 Å². The van der Waals surface area contributed by atoms with E-state index in [2.05, 4.69) is 4.98 Å². The fraction of sp³-hybridized carbons (Fsp3) is 0.500. The summed E-state index contributed by atoms with van der Waals surface area (Å²) in [4.78, 5) is 20.6. The molecule has 76 valence electrons. The first-order valence-electron chi connectivity index (χ1n) is 4.28. The van der Waals surface area contributed by atoms with Gasteiger partial charge in [-0.05, 0) is 0 Å². The highest BCUT2D eigenvalue weighted by Crippen LogP contribution is 2.11. The van der Waals surface area contributed by atoms with Gasteiger partial charge in [0.15, 0.2) is 0 Å². The molecule has 2 heterocycles. The molecule has 1 aromatic rings. The Labute approximate surface area is 80.3 Å². The molecule has 1 aromatic heterocycles. The predicted octanol–water partition coefficient (Wildman–Crippen LogP) is -1.11. The molecule has 0 radical (unpaired) electrons. The molecular weight excluding hydrogens is 186 g/mol. The zero-order valence-electron chi connectivity index (χ0n) is 7.75. The van der Waals surface area contributed by atoms with E-state index >= 15 is 0 Å². The molecule has 6 nitrogen and oxygen atoms in total. The first-order chi connectivity index (χ1) is 6.68. The fourth-order valence-electron chi connectivity index (χ4n) is 1.28. The molecule has 1 atom stereocenters. The van der Waals surface area contributed by atoms with Crippen LogP contribution >= 0.6 is 0 Å². The van der Waals surface area contributed by atoms with Gasteiger partial charge in [-0.25, -0.2) is 10.0 Å². The van der Waals surface area contributed by atoms with Crippen molar-refractivity contribution in [2.24, 2.45) is 7.05 Å². The van der Waals surface area contributed by atoms with Gasteiger partial charge in [0.05, 0.1) is 12.6 Å². The van der Waals surface area contributed by atoms with Gasteiger partial charge in [0.25, 0.3) is 5.56 Å². The molecule has 6 heteroatoms. The number of aliphatic hydroxyl groups excluding tert-OH is 1. The lowest BCUT2D eigenvalue weighted by Crippen LogP contribution is -2.30. The van der Waals surface area contributed by atoms with Crippen molar-refractivity contribution in [3.63, 3.8) is 0 Å². The summed E-state index contributed by atoms with van der Waals surface area (Å²) in [6.07, 6.45) is 2.53. The highest BCUT2D eigenvalue weighted by Gasteiger charge is 2.24. The van der Waals surface area contributed by atoms with Crippen molar-refractivity contribution < 1.29 is 9.94 Å². The van der Waals surface area contributed by atoms with Gasteiger partial charge in [-0.2, -0.15) is 0 Å². The lowest BCUT2D eigenvalue weighted by atomic mass is 10.4. The van der Waals surface area contributed by atoms with Crippen molar-refractivity contribution in [1.29, 1.82) is 0 Å². The van der Waals surface area contributed by atoms with Crippen molar-refractivity contribution in [3.05, 3.63) is 22.7 Å². The largest absolute Gasteiger partial charge is 0.389 e. The smallest absolute Gasteiger partial charge is 0.295 e. The summed E-state index contributed by atoms with van der Waals surface area (Å²) in [5, 5.41) is 10.5. The number of hydrogen-bond donors (Lipinski definition) is 1. The molecule has 0 aliphatic carbocycles. The molecule has 14 heavy (non-hydrogen) atoms. The number of β-amino-alcohol motifs (C(OH)–C–C–N with tert-alkyl or cyclic N) is 1. The molecule has 0 aromatic carbocycles. The van der Waals surface area contributed by atoms with E-state index in [9.17, 15) is 9.90 Å². The second kappa shape index (κ2) is 3.39. The highest BCUT2D eigenvalue weighted by atomic mass is 16.7. The van der Waals surface area contributed by atoms with E-state index in [1.807, 2.05) is 0 Å². The summed E-state index contributed by atoms with van der Waals surface area (Å²) in [5.41, 5.74) is -0.235. The Morgan fingerprint density at radius 3 is 3.14 bits per heavy atom. The minimum absolute atomic E-state index is 0.208. The molecule has 1 fully saturated rings. The van der Waals surface area contributed by atoms with E-state index in [0.717, 1.165) is 0 Å². The Morgan fingerprint density at radius 1 is 1.71 bits per heavy atom. The van der Waals surface area contributed by atoms with Gasteiger partial charge < -0.3 is 9.67 Å². The van der Waals surface area contributed by atoms with Crippen LogP contribution in [0.2, 0.25) is 0 Å². The van der Waals surface area contributed by atoms with Crippen LogP contribution in [0.1, 0.15) is 0 Å². The lowest BCUT2D eigenvalue weighted by molar-refractivity contribution is 0.115. The van der Waals surface area contributed by atoms with Crippen LogP contribution in [-0.2, 0) is 11.9 Å². The normalized spacial score (nSPS) is 21.6. The van der Waals surface area contributed by atoms with E-state index in [4.69, 9.17) is 4.84 Å². The third-order valence-electron chi connectivity index (χ3n) is 2.03. The number of anilines is 1. The molecule has 1 aliphatic rings. The zero-order valence-corrected chi connectivity index (χ0v) is 7.75. The number of hydrogen-bond acceptors (Lipinski definition) is 5. The predicted molar refractivity (Wildman–Crippen MR) is 48.8 cm³/mol. The van der Waals surface area contributed by atoms with Crippen LogP contribution < -0.4 is 10.6 Å². The quantitative estimate of drug-likeness (QED) is 0.618. The number of nitrogens with zero attached hydrogens (tertiary/aromatic N) is 3. The highest BCUT2D eigenvalue weighted by molar-refractivity contribution is 5.32. The lowest BCUT2D eigenvalue weighted by Gasteiger charge is -2.13. The fourth-order valence-corrected chi connectivity index (χ4v) is 1.28. The van der Waals surface area contributed by atoms with Crippen LogP contribution in [0.5, 0.6) is 0 Å². The van der Waals surface area contributed by atoms with Gasteiger partial charge >= 0.3 is 0 Å². The van der Waals surface area contributed by atoms with E-state index in [1.54, 1.807) is 13.2 Å². The maximum absolute atomic E-state index is 11.6. The van der Waals surface area contributed by atoms with Crippen molar-refractivity contribution >= 4 is 5.82 Å². The van der Waals surface area contributed by atoms with Gasteiger partial charge in [0.1, 0.15) is 6.61 Å². The van der Waals surface area contributed by atoms with Crippen LogP contribution in [0.25, 0.3) is 0 Å². The molecule has 1 unspecified atom stereocenters. The molecule has 0 bridgehead atoms. The zero-order chi connectivity index (χ0) is 10.1. The average molecular weight is 197 g/mol. The Bertz CT molecular complexity index is 390. The van der Waals surface area contributed by atoms with Gasteiger partial charge in [0, 0.05) is 19.4 Å². The number of aliphatic hydroxyl groups is 1. The minimum atomic E-state index is -0.554. The summed E-state index contributed by atoms with van der Waals surface area (Å²) in [6, 6.07) is 0. The first-order valence-corrected chi connectivity index (χ1v) is 4.28.